The summed E-state index contributed by atoms with van der Waals surface area (Å²) in [6.45, 7) is 4.22. The standard InChI is InChI=1S/C25H26ClN/c1-19-7-5-10-23(17-19)21-12-14-22(15-13-21)25(26)27-16-6-11-24(18-27)20-8-3-2-4-9-20/h2-5,7-10,12-15,17,24-25H,6,11,16,18H2,1H3. The number of hydrogen-bond donors (Lipinski definition) is 0. The fraction of sp³-hybridized carbons (Fsp3) is 0.280. The van der Waals surface area contributed by atoms with Gasteiger partial charge in [0.2, 0.25) is 0 Å². The second-order valence-corrected chi connectivity index (χ2v) is 7.99. The molecule has 0 radical (unpaired) electrons. The number of aryl methyl sites for hydroxylation is 1. The van der Waals surface area contributed by atoms with E-state index in [9.17, 15) is 0 Å². The SMILES string of the molecule is Cc1cccc(-c2ccc(C(Cl)N3CCCC(c4ccccc4)C3)cc2)c1. The Balaban J connectivity index is 1.48. The molecular formula is C25H26ClN. The Hall–Kier alpha value is -2.09. The average molecular weight is 376 g/mol. The molecule has 0 aliphatic carbocycles. The lowest BCUT2D eigenvalue weighted by Gasteiger charge is -2.36. The van der Waals surface area contributed by atoms with Crippen LogP contribution in [0, 0.1) is 6.92 Å². The van der Waals surface area contributed by atoms with E-state index in [1.54, 1.807) is 0 Å². The summed E-state index contributed by atoms with van der Waals surface area (Å²) < 4.78 is 0. The molecule has 0 saturated carbocycles. The van der Waals surface area contributed by atoms with Crippen molar-refractivity contribution in [3.8, 4) is 11.1 Å². The van der Waals surface area contributed by atoms with Gasteiger partial charge in [-0.25, -0.2) is 0 Å². The van der Waals surface area contributed by atoms with E-state index in [1.165, 1.54) is 40.7 Å². The van der Waals surface area contributed by atoms with Gasteiger partial charge in [0, 0.05) is 6.54 Å². The van der Waals surface area contributed by atoms with Crippen molar-refractivity contribution in [3.05, 3.63) is 95.6 Å². The van der Waals surface area contributed by atoms with E-state index in [2.05, 4.69) is 90.7 Å². The van der Waals surface area contributed by atoms with Gasteiger partial charge in [0.1, 0.15) is 5.50 Å². The molecule has 1 aliphatic rings. The molecule has 0 N–H and O–H groups in total. The van der Waals surface area contributed by atoms with Crippen LogP contribution in [0.3, 0.4) is 0 Å². The van der Waals surface area contributed by atoms with Crippen LogP contribution in [0.15, 0.2) is 78.9 Å². The first-order chi connectivity index (χ1) is 13.2. The minimum atomic E-state index is -0.0666. The molecule has 1 saturated heterocycles. The summed E-state index contributed by atoms with van der Waals surface area (Å²) in [5.74, 6) is 0.577. The monoisotopic (exact) mass is 375 g/mol. The highest BCUT2D eigenvalue weighted by Crippen LogP contribution is 2.34. The Labute approximate surface area is 167 Å². The van der Waals surface area contributed by atoms with E-state index in [1.807, 2.05) is 0 Å². The summed E-state index contributed by atoms with van der Waals surface area (Å²) in [4.78, 5) is 2.42. The number of piperidine rings is 1. The first-order valence-electron chi connectivity index (χ1n) is 9.81. The third kappa shape index (κ3) is 4.26. The second-order valence-electron chi connectivity index (χ2n) is 7.57. The Morgan fingerprint density at radius 1 is 0.889 bits per heavy atom. The van der Waals surface area contributed by atoms with Gasteiger partial charge in [-0.3, -0.25) is 4.90 Å². The van der Waals surface area contributed by atoms with E-state index in [0.29, 0.717) is 5.92 Å². The van der Waals surface area contributed by atoms with Gasteiger partial charge in [0.15, 0.2) is 0 Å². The van der Waals surface area contributed by atoms with Crippen LogP contribution < -0.4 is 0 Å². The molecule has 3 aromatic rings. The lowest BCUT2D eigenvalue weighted by molar-refractivity contribution is 0.191. The maximum atomic E-state index is 6.89. The van der Waals surface area contributed by atoms with Gasteiger partial charge in [0.25, 0.3) is 0 Å². The zero-order chi connectivity index (χ0) is 18.6. The third-order valence-electron chi connectivity index (χ3n) is 5.58. The molecule has 3 aromatic carbocycles. The van der Waals surface area contributed by atoms with Crippen molar-refractivity contribution >= 4 is 11.6 Å². The maximum Gasteiger partial charge on any atom is 0.111 e. The van der Waals surface area contributed by atoms with Crippen LogP contribution in [0.4, 0.5) is 0 Å². The third-order valence-corrected chi connectivity index (χ3v) is 6.11. The van der Waals surface area contributed by atoms with E-state index in [4.69, 9.17) is 11.6 Å². The van der Waals surface area contributed by atoms with Gasteiger partial charge in [-0.05, 0) is 54.5 Å². The first kappa shape index (κ1) is 18.3. The van der Waals surface area contributed by atoms with Crippen LogP contribution in [0.1, 0.15) is 41.0 Å². The predicted molar refractivity (Wildman–Crippen MR) is 115 cm³/mol. The number of halogens is 1. The van der Waals surface area contributed by atoms with E-state index in [-0.39, 0.29) is 5.50 Å². The number of likely N-dealkylation sites (tertiary alicyclic amines) is 1. The topological polar surface area (TPSA) is 3.24 Å². The first-order valence-corrected chi connectivity index (χ1v) is 10.2. The number of rotatable bonds is 4. The zero-order valence-corrected chi connectivity index (χ0v) is 16.6. The van der Waals surface area contributed by atoms with Crippen LogP contribution in [-0.2, 0) is 0 Å². The average Bonchev–Trinajstić information content (AvgIpc) is 2.74. The van der Waals surface area contributed by atoms with E-state index >= 15 is 0 Å². The molecule has 27 heavy (non-hydrogen) atoms. The van der Waals surface area contributed by atoms with Crippen molar-refractivity contribution in [3.63, 3.8) is 0 Å². The minimum absolute atomic E-state index is 0.0666. The van der Waals surface area contributed by atoms with E-state index < -0.39 is 0 Å². The summed E-state index contributed by atoms with van der Waals surface area (Å²) >= 11 is 6.89. The number of alkyl halides is 1. The number of hydrogen-bond acceptors (Lipinski definition) is 1. The van der Waals surface area contributed by atoms with Crippen molar-refractivity contribution in [2.75, 3.05) is 13.1 Å². The van der Waals surface area contributed by atoms with Gasteiger partial charge in [0.05, 0.1) is 0 Å². The number of benzene rings is 3. The normalized spacial score (nSPS) is 19.0. The fourth-order valence-corrected chi connectivity index (χ4v) is 4.40. The van der Waals surface area contributed by atoms with Gasteiger partial charge in [-0.2, -0.15) is 0 Å². The summed E-state index contributed by atoms with van der Waals surface area (Å²) in [5.41, 5.74) is 6.33. The smallest absolute Gasteiger partial charge is 0.111 e. The van der Waals surface area contributed by atoms with Crippen molar-refractivity contribution in [1.82, 2.24) is 4.90 Å². The minimum Gasteiger partial charge on any atom is -0.283 e. The number of nitrogens with zero attached hydrogens (tertiary/aromatic N) is 1. The molecule has 138 valence electrons. The molecule has 2 heteroatoms. The molecular weight excluding hydrogens is 350 g/mol. The summed E-state index contributed by atoms with van der Waals surface area (Å²) in [6, 6.07) is 28.2. The van der Waals surface area contributed by atoms with Crippen LogP contribution in [-0.4, -0.2) is 18.0 Å². The Kier molecular flexibility index (Phi) is 5.61. The van der Waals surface area contributed by atoms with Gasteiger partial charge in [-0.1, -0.05) is 84.4 Å². The molecule has 1 aliphatic heterocycles. The summed E-state index contributed by atoms with van der Waals surface area (Å²) in [6.07, 6.45) is 2.45. The van der Waals surface area contributed by atoms with Crippen molar-refractivity contribution in [2.24, 2.45) is 0 Å². The highest BCUT2D eigenvalue weighted by molar-refractivity contribution is 6.20. The van der Waals surface area contributed by atoms with Crippen molar-refractivity contribution in [1.29, 1.82) is 0 Å². The summed E-state index contributed by atoms with van der Waals surface area (Å²) in [7, 11) is 0. The molecule has 0 aromatic heterocycles. The molecule has 0 spiro atoms. The molecule has 0 amide bonds. The molecule has 1 fully saturated rings. The molecule has 2 atom stereocenters. The van der Waals surface area contributed by atoms with Crippen LogP contribution in [0.2, 0.25) is 0 Å². The highest BCUT2D eigenvalue weighted by Gasteiger charge is 2.26. The van der Waals surface area contributed by atoms with Crippen molar-refractivity contribution < 1.29 is 0 Å². The molecule has 0 bridgehead atoms. The maximum absolute atomic E-state index is 6.89. The van der Waals surface area contributed by atoms with Crippen LogP contribution in [0.25, 0.3) is 11.1 Å². The van der Waals surface area contributed by atoms with Crippen LogP contribution in [0.5, 0.6) is 0 Å². The molecule has 2 unspecified atom stereocenters. The lowest BCUT2D eigenvalue weighted by Crippen LogP contribution is -2.35. The Bertz CT molecular complexity index is 872. The zero-order valence-electron chi connectivity index (χ0n) is 15.8. The van der Waals surface area contributed by atoms with Crippen LogP contribution >= 0.6 is 11.6 Å². The Morgan fingerprint density at radius 3 is 2.41 bits per heavy atom. The lowest BCUT2D eigenvalue weighted by atomic mass is 9.90. The molecule has 1 nitrogen and oxygen atoms in total. The summed E-state index contributed by atoms with van der Waals surface area (Å²) in [5, 5.41) is 0. The van der Waals surface area contributed by atoms with Gasteiger partial charge in [-0.15, -0.1) is 11.6 Å². The fourth-order valence-electron chi connectivity index (χ4n) is 4.08. The molecule has 4 rings (SSSR count). The van der Waals surface area contributed by atoms with Gasteiger partial charge < -0.3 is 0 Å². The highest BCUT2D eigenvalue weighted by atomic mass is 35.5. The predicted octanol–water partition coefficient (Wildman–Crippen LogP) is 6.78. The largest absolute Gasteiger partial charge is 0.283 e. The van der Waals surface area contributed by atoms with Gasteiger partial charge >= 0.3 is 0 Å². The second kappa shape index (κ2) is 8.29. The molecule has 1 heterocycles. The van der Waals surface area contributed by atoms with Crippen molar-refractivity contribution in [2.45, 2.75) is 31.2 Å². The van der Waals surface area contributed by atoms with E-state index in [0.717, 1.165) is 13.1 Å². The quantitative estimate of drug-likeness (QED) is 0.359. The Morgan fingerprint density at radius 2 is 1.67 bits per heavy atom.